The van der Waals surface area contributed by atoms with E-state index in [4.69, 9.17) is 11.6 Å². The van der Waals surface area contributed by atoms with Crippen LogP contribution in [0, 0.1) is 0 Å². The Morgan fingerprint density at radius 1 is 1.33 bits per heavy atom. The van der Waals surface area contributed by atoms with Crippen molar-refractivity contribution in [2.45, 2.75) is 6.42 Å². The van der Waals surface area contributed by atoms with E-state index in [0.717, 1.165) is 29.4 Å². The zero-order valence-corrected chi connectivity index (χ0v) is 8.41. The third-order valence-electron chi connectivity index (χ3n) is 1.52. The molecule has 0 atom stereocenters. The third kappa shape index (κ3) is 2.95. The highest BCUT2D eigenvalue weighted by atomic mass is 35.5. The van der Waals surface area contributed by atoms with Crippen LogP contribution in [0.25, 0.3) is 0 Å². The summed E-state index contributed by atoms with van der Waals surface area (Å²) < 4.78 is 0. The van der Waals surface area contributed by atoms with Crippen molar-refractivity contribution in [1.29, 1.82) is 0 Å². The number of halogens is 1. The van der Waals surface area contributed by atoms with E-state index < -0.39 is 0 Å². The van der Waals surface area contributed by atoms with Gasteiger partial charge in [-0.2, -0.15) is 12.6 Å². The first-order chi connectivity index (χ1) is 5.84. The average molecular weight is 202 g/mol. The highest BCUT2D eigenvalue weighted by Gasteiger charge is 1.95. The number of nitrogens with one attached hydrogen (secondary N) is 1. The first-order valence-corrected chi connectivity index (χ1v) is 4.95. The van der Waals surface area contributed by atoms with Crippen molar-refractivity contribution in [3.63, 3.8) is 0 Å². The molecule has 1 nitrogen and oxygen atoms in total. The maximum Gasteiger partial charge on any atom is 0.0637 e. The zero-order chi connectivity index (χ0) is 8.81. The van der Waals surface area contributed by atoms with Crippen molar-refractivity contribution in [2.75, 3.05) is 17.6 Å². The minimum atomic E-state index is 0.775. The van der Waals surface area contributed by atoms with Gasteiger partial charge in [-0.25, -0.2) is 0 Å². The van der Waals surface area contributed by atoms with Gasteiger partial charge < -0.3 is 5.32 Å². The Morgan fingerprint density at radius 2 is 2.08 bits per heavy atom. The number of anilines is 1. The smallest absolute Gasteiger partial charge is 0.0637 e. The summed E-state index contributed by atoms with van der Waals surface area (Å²) in [4.78, 5) is 0. The predicted molar refractivity (Wildman–Crippen MR) is 58.4 cm³/mol. The monoisotopic (exact) mass is 201 g/mol. The Kier molecular flexibility index (Phi) is 4.33. The van der Waals surface area contributed by atoms with Crippen LogP contribution in [0.2, 0.25) is 5.02 Å². The van der Waals surface area contributed by atoms with Crippen molar-refractivity contribution < 1.29 is 0 Å². The van der Waals surface area contributed by atoms with Gasteiger partial charge in [0.2, 0.25) is 0 Å². The van der Waals surface area contributed by atoms with Crippen molar-refractivity contribution in [3.8, 4) is 0 Å². The van der Waals surface area contributed by atoms with Crippen LogP contribution in [0.5, 0.6) is 0 Å². The highest BCUT2D eigenvalue weighted by Crippen LogP contribution is 2.19. The lowest BCUT2D eigenvalue weighted by Gasteiger charge is -2.06. The van der Waals surface area contributed by atoms with Gasteiger partial charge >= 0.3 is 0 Å². The molecule has 1 aromatic rings. The molecule has 0 saturated carbocycles. The lowest BCUT2D eigenvalue weighted by molar-refractivity contribution is 0.995. The van der Waals surface area contributed by atoms with Gasteiger partial charge in [-0.1, -0.05) is 23.7 Å². The molecule has 1 aromatic carbocycles. The second-order valence-corrected chi connectivity index (χ2v) is 3.34. The van der Waals surface area contributed by atoms with Crippen LogP contribution in [0.15, 0.2) is 24.3 Å². The van der Waals surface area contributed by atoms with Crippen LogP contribution in [-0.2, 0) is 0 Å². The summed E-state index contributed by atoms with van der Waals surface area (Å²) in [5.74, 6) is 0.900. The second-order valence-electron chi connectivity index (χ2n) is 2.48. The van der Waals surface area contributed by atoms with Crippen LogP contribution in [-0.4, -0.2) is 12.3 Å². The number of para-hydroxylation sites is 1. The van der Waals surface area contributed by atoms with Crippen LogP contribution in [0.4, 0.5) is 5.69 Å². The van der Waals surface area contributed by atoms with E-state index in [1.54, 1.807) is 0 Å². The first kappa shape index (κ1) is 9.75. The van der Waals surface area contributed by atoms with Crippen LogP contribution in [0.3, 0.4) is 0 Å². The van der Waals surface area contributed by atoms with E-state index in [1.165, 1.54) is 0 Å². The molecule has 66 valence electrons. The fourth-order valence-corrected chi connectivity index (χ4v) is 1.27. The van der Waals surface area contributed by atoms with Gasteiger partial charge in [0, 0.05) is 6.54 Å². The van der Waals surface area contributed by atoms with E-state index in [9.17, 15) is 0 Å². The quantitative estimate of drug-likeness (QED) is 0.564. The summed E-state index contributed by atoms with van der Waals surface area (Å²) in [6.45, 7) is 0.924. The number of hydrogen-bond acceptors (Lipinski definition) is 2. The first-order valence-electron chi connectivity index (χ1n) is 3.94. The fourth-order valence-electron chi connectivity index (χ4n) is 0.907. The molecule has 0 amide bonds. The summed E-state index contributed by atoms with van der Waals surface area (Å²) in [6, 6.07) is 7.74. The molecule has 0 aromatic heterocycles. The number of hydrogen-bond donors (Lipinski definition) is 2. The minimum Gasteiger partial charge on any atom is -0.384 e. The standard InChI is InChI=1S/C9H12ClNS/c10-8-4-1-2-5-9(8)11-6-3-7-12/h1-2,4-5,11-12H,3,6-7H2. The Labute approximate surface area is 83.5 Å². The van der Waals surface area contributed by atoms with Gasteiger partial charge in [-0.3, -0.25) is 0 Å². The average Bonchev–Trinajstić information content (AvgIpc) is 2.09. The number of rotatable bonds is 4. The molecule has 0 heterocycles. The predicted octanol–water partition coefficient (Wildman–Crippen LogP) is 3.07. The number of thiol groups is 1. The maximum atomic E-state index is 5.92. The molecule has 0 aliphatic rings. The SMILES string of the molecule is SCCCNc1ccccc1Cl. The molecule has 1 rings (SSSR count). The van der Waals surface area contributed by atoms with Gasteiger partial charge in [0.15, 0.2) is 0 Å². The van der Waals surface area contributed by atoms with Gasteiger partial charge in [-0.05, 0) is 24.3 Å². The lowest BCUT2D eigenvalue weighted by Crippen LogP contribution is -2.01. The van der Waals surface area contributed by atoms with E-state index in [-0.39, 0.29) is 0 Å². The van der Waals surface area contributed by atoms with E-state index in [0.29, 0.717) is 0 Å². The maximum absolute atomic E-state index is 5.92. The molecule has 0 spiro atoms. The van der Waals surface area contributed by atoms with E-state index in [1.807, 2.05) is 24.3 Å². The lowest BCUT2D eigenvalue weighted by atomic mass is 10.3. The van der Waals surface area contributed by atoms with Crippen molar-refractivity contribution >= 4 is 29.9 Å². The normalized spacial score (nSPS) is 9.83. The third-order valence-corrected chi connectivity index (χ3v) is 2.17. The van der Waals surface area contributed by atoms with E-state index >= 15 is 0 Å². The Balaban J connectivity index is 2.46. The molecular weight excluding hydrogens is 190 g/mol. The summed E-state index contributed by atoms with van der Waals surface area (Å²) >= 11 is 10.0. The van der Waals surface area contributed by atoms with Gasteiger partial charge in [0.1, 0.15) is 0 Å². The molecule has 0 saturated heterocycles. The molecule has 12 heavy (non-hydrogen) atoms. The molecule has 3 heteroatoms. The molecule has 0 radical (unpaired) electrons. The summed E-state index contributed by atoms with van der Waals surface area (Å²) in [6.07, 6.45) is 1.05. The van der Waals surface area contributed by atoms with Crippen molar-refractivity contribution in [2.24, 2.45) is 0 Å². The van der Waals surface area contributed by atoms with E-state index in [2.05, 4.69) is 17.9 Å². The largest absolute Gasteiger partial charge is 0.384 e. The molecule has 0 aliphatic carbocycles. The second kappa shape index (κ2) is 5.33. The molecule has 0 aliphatic heterocycles. The fraction of sp³-hybridized carbons (Fsp3) is 0.333. The molecular formula is C9H12ClNS. The van der Waals surface area contributed by atoms with Gasteiger partial charge in [0.25, 0.3) is 0 Å². The van der Waals surface area contributed by atoms with Gasteiger partial charge in [-0.15, -0.1) is 0 Å². The zero-order valence-electron chi connectivity index (χ0n) is 6.76. The number of benzene rings is 1. The topological polar surface area (TPSA) is 12.0 Å². The minimum absolute atomic E-state index is 0.775. The van der Waals surface area contributed by atoms with Crippen molar-refractivity contribution in [1.82, 2.24) is 0 Å². The summed E-state index contributed by atoms with van der Waals surface area (Å²) in [5.41, 5.74) is 1.00. The summed E-state index contributed by atoms with van der Waals surface area (Å²) in [5, 5.41) is 4.01. The molecule has 1 N–H and O–H groups in total. The molecule has 0 bridgehead atoms. The van der Waals surface area contributed by atoms with Gasteiger partial charge in [0.05, 0.1) is 10.7 Å². The molecule has 0 fully saturated rings. The van der Waals surface area contributed by atoms with Crippen LogP contribution < -0.4 is 5.32 Å². The van der Waals surface area contributed by atoms with Crippen LogP contribution in [0.1, 0.15) is 6.42 Å². The van der Waals surface area contributed by atoms with Crippen LogP contribution >= 0.6 is 24.2 Å². The molecule has 0 unspecified atom stereocenters. The Morgan fingerprint density at radius 3 is 2.75 bits per heavy atom. The van der Waals surface area contributed by atoms with Crippen molar-refractivity contribution in [3.05, 3.63) is 29.3 Å². The summed E-state index contributed by atoms with van der Waals surface area (Å²) in [7, 11) is 0. The highest BCUT2D eigenvalue weighted by molar-refractivity contribution is 7.80. The Hall–Kier alpha value is -0.340. The Bertz CT molecular complexity index is 240.